The maximum Gasteiger partial charge on any atom is 0.407 e. The van der Waals surface area contributed by atoms with Crippen molar-refractivity contribution >= 4 is 12.0 Å². The van der Waals surface area contributed by atoms with Gasteiger partial charge in [-0.15, -0.1) is 5.10 Å². The molecule has 3 rings (SSSR count). The van der Waals surface area contributed by atoms with Gasteiger partial charge in [-0.25, -0.2) is 9.78 Å². The van der Waals surface area contributed by atoms with E-state index >= 15 is 0 Å². The molecule has 19 heavy (non-hydrogen) atoms. The minimum absolute atomic E-state index is 0.0705. The normalized spacial score (nSPS) is 23.2. The molecule has 1 aromatic heterocycles. The van der Waals surface area contributed by atoms with Gasteiger partial charge in [-0.3, -0.25) is 0 Å². The number of anilines is 1. The van der Waals surface area contributed by atoms with Crippen LogP contribution in [-0.2, 0) is 0 Å². The van der Waals surface area contributed by atoms with Crippen molar-refractivity contribution in [2.24, 2.45) is 0 Å². The van der Waals surface area contributed by atoms with Gasteiger partial charge in [0.25, 0.3) is 0 Å². The molecule has 1 aliphatic carbocycles. The fourth-order valence-electron chi connectivity index (χ4n) is 2.40. The number of piperidine rings is 1. The zero-order valence-corrected chi connectivity index (χ0v) is 10.6. The molecule has 2 fully saturated rings. The van der Waals surface area contributed by atoms with Gasteiger partial charge in [0.05, 0.1) is 11.9 Å². The Balaban J connectivity index is 1.63. The predicted molar refractivity (Wildman–Crippen MR) is 68.0 cm³/mol. The largest absolute Gasteiger partial charge is 0.465 e. The lowest BCUT2D eigenvalue weighted by molar-refractivity contribution is 0.132. The van der Waals surface area contributed by atoms with Crippen molar-refractivity contribution in [3.05, 3.63) is 11.9 Å². The molecule has 1 saturated carbocycles. The van der Waals surface area contributed by atoms with E-state index in [-0.39, 0.29) is 6.04 Å². The number of aromatic nitrogens is 3. The van der Waals surface area contributed by atoms with E-state index in [1.807, 2.05) is 0 Å². The maximum absolute atomic E-state index is 11.0. The van der Waals surface area contributed by atoms with Crippen LogP contribution in [0.5, 0.6) is 0 Å². The Bertz CT molecular complexity index is 477. The number of amides is 1. The average Bonchev–Trinajstić information content (AvgIpc) is 3.23. The van der Waals surface area contributed by atoms with Crippen LogP contribution in [0.1, 0.15) is 37.3 Å². The molecule has 1 saturated heterocycles. The van der Waals surface area contributed by atoms with E-state index in [1.165, 1.54) is 17.7 Å². The van der Waals surface area contributed by atoms with Crippen LogP contribution in [0.4, 0.5) is 10.7 Å². The first-order chi connectivity index (χ1) is 9.22. The molecule has 1 atom stereocenters. The minimum Gasteiger partial charge on any atom is -0.465 e. The minimum atomic E-state index is -0.864. The molecule has 0 spiro atoms. The average molecular weight is 263 g/mol. The highest BCUT2D eigenvalue weighted by atomic mass is 16.4. The van der Waals surface area contributed by atoms with Crippen LogP contribution in [0.15, 0.2) is 6.20 Å². The summed E-state index contributed by atoms with van der Waals surface area (Å²) in [7, 11) is 0. The Hall–Kier alpha value is -1.92. The van der Waals surface area contributed by atoms with Gasteiger partial charge in [-0.1, -0.05) is 0 Å². The zero-order chi connectivity index (χ0) is 13.2. The van der Waals surface area contributed by atoms with E-state index in [4.69, 9.17) is 5.11 Å². The van der Waals surface area contributed by atoms with E-state index in [2.05, 4.69) is 20.5 Å². The van der Waals surface area contributed by atoms with E-state index in [0.29, 0.717) is 25.0 Å². The second-order valence-corrected chi connectivity index (χ2v) is 5.19. The summed E-state index contributed by atoms with van der Waals surface area (Å²) >= 11 is 0. The highest BCUT2D eigenvalue weighted by Crippen LogP contribution is 2.38. The van der Waals surface area contributed by atoms with Gasteiger partial charge in [0.15, 0.2) is 0 Å². The van der Waals surface area contributed by atoms with Gasteiger partial charge >= 0.3 is 6.09 Å². The summed E-state index contributed by atoms with van der Waals surface area (Å²) in [4.78, 5) is 16.8. The summed E-state index contributed by atoms with van der Waals surface area (Å²) in [5.41, 5.74) is 0.989. The number of carboxylic acid groups (broad SMARTS) is 1. The van der Waals surface area contributed by atoms with E-state index in [0.717, 1.165) is 18.5 Å². The number of nitrogens with one attached hydrogen (secondary N) is 1. The fraction of sp³-hybridized carbons (Fsp3) is 0.667. The van der Waals surface area contributed by atoms with Crippen LogP contribution in [0.25, 0.3) is 0 Å². The molecule has 2 heterocycles. The molecule has 0 bridgehead atoms. The van der Waals surface area contributed by atoms with Crippen molar-refractivity contribution in [1.29, 1.82) is 0 Å². The first kappa shape index (κ1) is 12.1. The number of likely N-dealkylation sites (tertiary alicyclic amines) is 1. The predicted octanol–water partition coefficient (Wildman–Crippen LogP) is 1.30. The molecule has 2 N–H and O–H groups in total. The van der Waals surface area contributed by atoms with Crippen molar-refractivity contribution in [2.75, 3.05) is 18.4 Å². The summed E-state index contributed by atoms with van der Waals surface area (Å²) in [5.74, 6) is 1.06. The topological polar surface area (TPSA) is 91.2 Å². The fourth-order valence-corrected chi connectivity index (χ4v) is 2.40. The van der Waals surface area contributed by atoms with Crippen molar-refractivity contribution in [1.82, 2.24) is 20.1 Å². The summed E-state index contributed by atoms with van der Waals surface area (Å²) in [6.07, 6.45) is 4.99. The molecular weight excluding hydrogens is 246 g/mol. The summed E-state index contributed by atoms with van der Waals surface area (Å²) in [5, 5.41) is 20.1. The van der Waals surface area contributed by atoms with Crippen LogP contribution < -0.4 is 5.32 Å². The summed E-state index contributed by atoms with van der Waals surface area (Å²) < 4.78 is 0. The van der Waals surface area contributed by atoms with Crippen LogP contribution >= 0.6 is 0 Å². The lowest BCUT2D eigenvalue weighted by Gasteiger charge is -2.31. The lowest BCUT2D eigenvalue weighted by Crippen LogP contribution is -2.44. The van der Waals surface area contributed by atoms with Gasteiger partial charge in [0.2, 0.25) is 5.95 Å². The first-order valence-corrected chi connectivity index (χ1v) is 6.66. The maximum atomic E-state index is 11.0. The Morgan fingerprint density at radius 1 is 1.42 bits per heavy atom. The number of carbonyl (C=O) groups is 1. The van der Waals surface area contributed by atoms with Gasteiger partial charge in [0, 0.05) is 25.0 Å². The second kappa shape index (κ2) is 4.99. The SMILES string of the molecule is O=C(O)N1CCC[C@@H](Nc2nncc(C3CC3)n2)C1. The molecule has 0 unspecified atom stereocenters. The van der Waals surface area contributed by atoms with Gasteiger partial charge in [-0.2, -0.15) is 5.10 Å². The third kappa shape index (κ3) is 2.91. The molecule has 0 radical (unpaired) electrons. The van der Waals surface area contributed by atoms with Crippen molar-refractivity contribution < 1.29 is 9.90 Å². The Morgan fingerprint density at radius 3 is 3.00 bits per heavy atom. The quantitative estimate of drug-likeness (QED) is 0.854. The molecule has 0 aromatic carbocycles. The summed E-state index contributed by atoms with van der Waals surface area (Å²) in [6, 6.07) is 0.0705. The monoisotopic (exact) mass is 263 g/mol. The first-order valence-electron chi connectivity index (χ1n) is 6.66. The molecule has 2 aliphatic rings. The Labute approximate surface area is 111 Å². The molecule has 7 nitrogen and oxygen atoms in total. The van der Waals surface area contributed by atoms with Gasteiger partial charge in [-0.05, 0) is 25.7 Å². The standard InChI is InChI=1S/C12H17N5O2/c18-12(19)17-5-1-2-9(7-17)14-11-15-10(6-13-16-11)8-3-4-8/h6,8-9H,1-5,7H2,(H,18,19)(H,14,15,16)/t9-/m1/s1. The summed E-state index contributed by atoms with van der Waals surface area (Å²) in [6.45, 7) is 1.08. The van der Waals surface area contributed by atoms with E-state index in [1.54, 1.807) is 6.20 Å². The van der Waals surface area contributed by atoms with Crippen molar-refractivity contribution in [2.45, 2.75) is 37.6 Å². The highest BCUT2D eigenvalue weighted by molar-refractivity contribution is 5.65. The van der Waals surface area contributed by atoms with E-state index in [9.17, 15) is 4.79 Å². The van der Waals surface area contributed by atoms with Crippen LogP contribution in [-0.4, -0.2) is 50.4 Å². The molecule has 102 valence electrons. The number of hydrogen-bond acceptors (Lipinski definition) is 5. The van der Waals surface area contributed by atoms with Gasteiger partial charge in [0.1, 0.15) is 0 Å². The smallest absolute Gasteiger partial charge is 0.407 e. The number of nitrogens with zero attached hydrogens (tertiary/aromatic N) is 4. The third-order valence-corrected chi connectivity index (χ3v) is 3.60. The third-order valence-electron chi connectivity index (χ3n) is 3.60. The van der Waals surface area contributed by atoms with Crippen LogP contribution in [0.2, 0.25) is 0 Å². The molecule has 1 aromatic rings. The second-order valence-electron chi connectivity index (χ2n) is 5.19. The number of hydrogen-bond donors (Lipinski definition) is 2. The Kier molecular flexibility index (Phi) is 3.18. The molecular formula is C12H17N5O2. The van der Waals surface area contributed by atoms with Crippen molar-refractivity contribution in [3.8, 4) is 0 Å². The van der Waals surface area contributed by atoms with E-state index < -0.39 is 6.09 Å². The Morgan fingerprint density at radius 2 is 2.26 bits per heavy atom. The number of rotatable bonds is 3. The van der Waals surface area contributed by atoms with Crippen LogP contribution in [0.3, 0.4) is 0 Å². The van der Waals surface area contributed by atoms with Crippen molar-refractivity contribution in [3.63, 3.8) is 0 Å². The molecule has 1 aliphatic heterocycles. The lowest BCUT2D eigenvalue weighted by atomic mass is 10.1. The zero-order valence-electron chi connectivity index (χ0n) is 10.6. The molecule has 1 amide bonds. The molecule has 7 heteroatoms. The highest BCUT2D eigenvalue weighted by Gasteiger charge is 2.27. The van der Waals surface area contributed by atoms with Gasteiger partial charge < -0.3 is 15.3 Å². The van der Waals surface area contributed by atoms with Crippen LogP contribution in [0, 0.1) is 0 Å².